The van der Waals surface area contributed by atoms with Crippen molar-refractivity contribution in [2.45, 2.75) is 166 Å². The summed E-state index contributed by atoms with van der Waals surface area (Å²) in [5.41, 5.74) is 0. The molecule has 0 saturated carbocycles. The molecular formula is C37H65NO12S. The quantitative estimate of drug-likeness (QED) is 0.0324. The number of ether oxygens (including phenoxy) is 2. The van der Waals surface area contributed by atoms with Crippen molar-refractivity contribution in [1.29, 1.82) is 0 Å². The summed E-state index contributed by atoms with van der Waals surface area (Å²) in [6, 6.07) is -1.16. The highest BCUT2D eigenvalue weighted by Crippen LogP contribution is 2.26. The van der Waals surface area contributed by atoms with E-state index in [0.29, 0.717) is 12.8 Å². The van der Waals surface area contributed by atoms with E-state index in [1.54, 1.807) is 12.2 Å². The SMILES string of the molecule is CCCCCC/C=C/CC/C=C/C(O)C(COC1OC(CO)C(O)C(OS(=O)(=O)O)C1O)NC(=O)C(O)C/C=C\C/C=C\CCCCCCCC. The lowest BCUT2D eigenvalue weighted by atomic mass is 9.99. The minimum absolute atomic E-state index is 0.0244. The summed E-state index contributed by atoms with van der Waals surface area (Å²) in [4.78, 5) is 12.9. The van der Waals surface area contributed by atoms with Crippen LogP contribution in [0.2, 0.25) is 0 Å². The predicted molar refractivity (Wildman–Crippen MR) is 196 cm³/mol. The standard InChI is InChI=1S/C37H65NO12S/c1-3-5-7-9-11-13-15-16-18-20-22-24-26-31(41)36(44)38-29(30(40)25-23-21-19-17-14-12-10-8-6-4-2)28-48-37-34(43)35(50-51(45,46)47)33(42)32(27-39)49-37/h14,16-18,22-25,29-35,37,39-43H,3-13,15,19-21,26-28H2,1-2H3,(H,38,44)(H,45,46,47)/b17-14+,18-16-,24-22-,25-23+. The number of unbranched alkanes of at least 4 members (excludes halogenated alkanes) is 11. The van der Waals surface area contributed by atoms with E-state index >= 15 is 0 Å². The van der Waals surface area contributed by atoms with Crippen LogP contribution in [-0.2, 0) is 28.9 Å². The number of allylic oxidation sites excluding steroid dienone is 6. The van der Waals surface area contributed by atoms with Crippen LogP contribution < -0.4 is 5.32 Å². The first-order valence-corrected chi connectivity index (χ1v) is 20.0. The average molecular weight is 748 g/mol. The zero-order valence-electron chi connectivity index (χ0n) is 30.5. The second-order valence-electron chi connectivity index (χ2n) is 12.9. The van der Waals surface area contributed by atoms with Gasteiger partial charge in [0, 0.05) is 6.42 Å². The van der Waals surface area contributed by atoms with Crippen LogP contribution in [0.1, 0.15) is 117 Å². The summed E-state index contributed by atoms with van der Waals surface area (Å²) in [6.07, 6.45) is 19.7. The number of rotatable bonds is 29. The molecule has 1 amide bonds. The van der Waals surface area contributed by atoms with Crippen LogP contribution in [-0.4, -0.2) is 107 Å². The molecule has 0 spiro atoms. The van der Waals surface area contributed by atoms with Crippen molar-refractivity contribution in [2.75, 3.05) is 13.2 Å². The minimum atomic E-state index is -5.12. The number of hydrogen-bond donors (Lipinski definition) is 7. The van der Waals surface area contributed by atoms with Gasteiger partial charge < -0.3 is 40.3 Å². The first-order chi connectivity index (χ1) is 24.4. The molecule has 1 fully saturated rings. The van der Waals surface area contributed by atoms with Gasteiger partial charge in [0.2, 0.25) is 5.91 Å². The second-order valence-corrected chi connectivity index (χ2v) is 14.0. The van der Waals surface area contributed by atoms with Gasteiger partial charge in [0.25, 0.3) is 0 Å². The third-order valence-electron chi connectivity index (χ3n) is 8.45. The zero-order valence-corrected chi connectivity index (χ0v) is 31.3. The third kappa shape index (κ3) is 22.0. The Morgan fingerprint density at radius 1 is 0.804 bits per heavy atom. The molecule has 1 aliphatic rings. The molecule has 8 unspecified atom stereocenters. The largest absolute Gasteiger partial charge is 0.397 e. The van der Waals surface area contributed by atoms with E-state index in [-0.39, 0.29) is 6.42 Å². The molecular weight excluding hydrogens is 682 g/mol. The maximum absolute atomic E-state index is 12.9. The van der Waals surface area contributed by atoms with Crippen LogP contribution >= 0.6 is 0 Å². The van der Waals surface area contributed by atoms with E-state index in [9.17, 15) is 38.7 Å². The van der Waals surface area contributed by atoms with E-state index in [2.05, 4.69) is 41.6 Å². The summed E-state index contributed by atoms with van der Waals surface area (Å²) in [6.45, 7) is 3.05. The van der Waals surface area contributed by atoms with Crippen molar-refractivity contribution in [3.63, 3.8) is 0 Å². The van der Waals surface area contributed by atoms with Gasteiger partial charge in [0.1, 0.15) is 30.5 Å². The highest BCUT2D eigenvalue weighted by Gasteiger charge is 2.48. The summed E-state index contributed by atoms with van der Waals surface area (Å²) < 4.78 is 47.1. The average Bonchev–Trinajstić information content (AvgIpc) is 3.09. The Hall–Kier alpha value is -1.98. The molecule has 0 aromatic rings. The smallest absolute Gasteiger partial charge is 0.394 e. The monoisotopic (exact) mass is 747 g/mol. The van der Waals surface area contributed by atoms with Crippen LogP contribution in [0.15, 0.2) is 48.6 Å². The van der Waals surface area contributed by atoms with Gasteiger partial charge in [-0.25, -0.2) is 4.18 Å². The van der Waals surface area contributed by atoms with Crippen molar-refractivity contribution in [1.82, 2.24) is 5.32 Å². The maximum Gasteiger partial charge on any atom is 0.397 e. The Labute approximate surface area is 305 Å². The molecule has 13 nitrogen and oxygen atoms in total. The Balaban J connectivity index is 2.81. The summed E-state index contributed by atoms with van der Waals surface area (Å²) in [5.74, 6) is -0.785. The Morgan fingerprint density at radius 3 is 2.02 bits per heavy atom. The van der Waals surface area contributed by atoms with Crippen LogP contribution in [0.5, 0.6) is 0 Å². The normalized spacial score (nSPS) is 23.5. The van der Waals surface area contributed by atoms with Crippen LogP contribution in [0.4, 0.5) is 0 Å². The van der Waals surface area contributed by atoms with Gasteiger partial charge in [0.05, 0.1) is 25.4 Å². The van der Waals surface area contributed by atoms with Gasteiger partial charge in [-0.1, -0.05) is 114 Å². The molecule has 51 heavy (non-hydrogen) atoms. The molecule has 7 N–H and O–H groups in total. The number of hydrogen-bond acceptors (Lipinski definition) is 11. The number of carbonyl (C=O) groups excluding carboxylic acids is 1. The lowest BCUT2D eigenvalue weighted by Gasteiger charge is -2.41. The number of aliphatic hydroxyl groups is 5. The van der Waals surface area contributed by atoms with Crippen molar-refractivity contribution < 1.29 is 57.0 Å². The van der Waals surface area contributed by atoms with E-state index in [1.165, 1.54) is 57.4 Å². The molecule has 0 bridgehead atoms. The highest BCUT2D eigenvalue weighted by molar-refractivity contribution is 7.80. The fourth-order valence-electron chi connectivity index (χ4n) is 5.40. The third-order valence-corrected chi connectivity index (χ3v) is 8.92. The fraction of sp³-hybridized carbons (Fsp3) is 0.757. The number of nitrogens with one attached hydrogen (secondary N) is 1. The summed E-state index contributed by atoms with van der Waals surface area (Å²) in [7, 11) is -5.12. The van der Waals surface area contributed by atoms with E-state index in [1.807, 2.05) is 12.2 Å². The van der Waals surface area contributed by atoms with Crippen molar-refractivity contribution in [3.8, 4) is 0 Å². The molecule has 0 aromatic heterocycles. The van der Waals surface area contributed by atoms with E-state index in [0.717, 1.165) is 32.1 Å². The molecule has 1 rings (SSSR count). The molecule has 14 heteroatoms. The molecule has 8 atom stereocenters. The van der Waals surface area contributed by atoms with E-state index in [4.69, 9.17) is 14.0 Å². The molecule has 1 aliphatic heterocycles. The van der Waals surface area contributed by atoms with Gasteiger partial charge in [-0.05, 0) is 44.9 Å². The van der Waals surface area contributed by atoms with Crippen molar-refractivity contribution in [3.05, 3.63) is 48.6 Å². The maximum atomic E-state index is 12.9. The van der Waals surface area contributed by atoms with Crippen LogP contribution in [0.25, 0.3) is 0 Å². The van der Waals surface area contributed by atoms with Gasteiger partial charge in [-0.2, -0.15) is 8.42 Å². The molecule has 0 aromatic carbocycles. The second kappa shape index (κ2) is 28.5. The predicted octanol–water partition coefficient (Wildman–Crippen LogP) is 4.34. The number of amides is 1. The van der Waals surface area contributed by atoms with Crippen molar-refractivity contribution in [2.24, 2.45) is 0 Å². The molecule has 1 saturated heterocycles. The molecule has 0 aliphatic carbocycles. The Bertz CT molecular complexity index is 1130. The summed E-state index contributed by atoms with van der Waals surface area (Å²) in [5, 5.41) is 54.6. The van der Waals surface area contributed by atoms with Gasteiger partial charge in [-0.3, -0.25) is 9.35 Å². The first-order valence-electron chi connectivity index (χ1n) is 18.6. The minimum Gasteiger partial charge on any atom is -0.394 e. The topological polar surface area (TPSA) is 212 Å². The lowest BCUT2D eigenvalue weighted by molar-refractivity contribution is -0.298. The van der Waals surface area contributed by atoms with Crippen LogP contribution in [0, 0.1) is 0 Å². The number of aliphatic hydroxyl groups excluding tert-OH is 5. The van der Waals surface area contributed by atoms with Gasteiger partial charge in [-0.15, -0.1) is 0 Å². The van der Waals surface area contributed by atoms with E-state index < -0.39 is 78.5 Å². The molecule has 1 heterocycles. The first kappa shape index (κ1) is 47.0. The zero-order chi connectivity index (χ0) is 37.9. The lowest BCUT2D eigenvalue weighted by Crippen LogP contribution is -2.61. The molecule has 0 radical (unpaired) electrons. The van der Waals surface area contributed by atoms with Gasteiger partial charge >= 0.3 is 10.4 Å². The highest BCUT2D eigenvalue weighted by atomic mass is 32.3. The molecule has 296 valence electrons. The van der Waals surface area contributed by atoms with Crippen molar-refractivity contribution >= 4 is 16.3 Å². The van der Waals surface area contributed by atoms with Crippen LogP contribution in [0.3, 0.4) is 0 Å². The fourth-order valence-corrected chi connectivity index (χ4v) is 5.91. The number of carbonyl (C=O) groups is 1. The summed E-state index contributed by atoms with van der Waals surface area (Å²) >= 11 is 0. The Kier molecular flexibility index (Phi) is 26.3. The van der Waals surface area contributed by atoms with Gasteiger partial charge in [0.15, 0.2) is 6.29 Å². The Morgan fingerprint density at radius 2 is 1.37 bits per heavy atom.